The van der Waals surface area contributed by atoms with Crippen molar-refractivity contribution in [1.82, 2.24) is 9.55 Å². The first-order valence-corrected chi connectivity index (χ1v) is 6.67. The van der Waals surface area contributed by atoms with E-state index in [-0.39, 0.29) is 11.5 Å². The zero-order valence-corrected chi connectivity index (χ0v) is 11.3. The van der Waals surface area contributed by atoms with Crippen LogP contribution in [0.25, 0.3) is 21.5 Å². The van der Waals surface area contributed by atoms with E-state index in [9.17, 15) is 9.18 Å². The van der Waals surface area contributed by atoms with Gasteiger partial charge in [-0.15, -0.1) is 11.3 Å². The normalized spacial score (nSPS) is 11.1. The minimum absolute atomic E-state index is 0.337. The van der Waals surface area contributed by atoms with Gasteiger partial charge in [0, 0.05) is 18.0 Å². The maximum atomic E-state index is 14.0. The van der Waals surface area contributed by atoms with Crippen molar-refractivity contribution in [1.29, 1.82) is 0 Å². The fourth-order valence-corrected chi connectivity index (χ4v) is 3.11. The second-order valence-corrected chi connectivity index (χ2v) is 5.24. The van der Waals surface area contributed by atoms with Gasteiger partial charge in [0.1, 0.15) is 10.6 Å². The molecule has 3 rings (SSSR count). The lowest BCUT2D eigenvalue weighted by atomic mass is 10.1. The Morgan fingerprint density at radius 1 is 1.32 bits per heavy atom. The molecule has 0 aliphatic rings. The van der Waals surface area contributed by atoms with Crippen molar-refractivity contribution in [3.8, 4) is 11.3 Å². The van der Waals surface area contributed by atoms with Gasteiger partial charge in [-0.25, -0.2) is 9.18 Å². The third-order valence-electron chi connectivity index (χ3n) is 3.14. The van der Waals surface area contributed by atoms with Crippen LogP contribution >= 0.6 is 11.3 Å². The number of halogens is 1. The summed E-state index contributed by atoms with van der Waals surface area (Å²) in [5, 5.41) is 2.78. The largest absolute Gasteiger partial charge is 0.349 e. The summed E-state index contributed by atoms with van der Waals surface area (Å²) in [5.41, 5.74) is 1.65. The Hall–Kier alpha value is -2.01. The minimum atomic E-state index is -0.368. The Balaban J connectivity index is 2.53. The summed E-state index contributed by atoms with van der Waals surface area (Å²) in [4.78, 5) is 16.6. The van der Waals surface area contributed by atoms with Gasteiger partial charge < -0.3 is 0 Å². The van der Waals surface area contributed by atoms with Crippen LogP contribution in [0.15, 0.2) is 34.4 Å². The van der Waals surface area contributed by atoms with E-state index in [0.29, 0.717) is 16.1 Å². The zero-order valence-electron chi connectivity index (χ0n) is 10.5. The third-order valence-corrected chi connectivity index (χ3v) is 4.13. The van der Waals surface area contributed by atoms with Crippen LogP contribution in [-0.2, 0) is 7.05 Å². The van der Waals surface area contributed by atoms with Crippen molar-refractivity contribution in [2.24, 2.45) is 7.05 Å². The average molecular weight is 274 g/mol. The Bertz CT molecular complexity index is 835. The van der Waals surface area contributed by atoms with Crippen LogP contribution in [0.3, 0.4) is 0 Å². The van der Waals surface area contributed by atoms with Crippen molar-refractivity contribution in [3.05, 3.63) is 51.5 Å². The molecule has 96 valence electrons. The van der Waals surface area contributed by atoms with E-state index in [4.69, 9.17) is 0 Å². The Kier molecular flexibility index (Phi) is 2.71. The van der Waals surface area contributed by atoms with Crippen molar-refractivity contribution in [2.75, 3.05) is 0 Å². The third kappa shape index (κ3) is 1.77. The van der Waals surface area contributed by atoms with Crippen molar-refractivity contribution < 1.29 is 4.39 Å². The van der Waals surface area contributed by atoms with Crippen LogP contribution in [0.2, 0.25) is 0 Å². The molecule has 19 heavy (non-hydrogen) atoms. The molecule has 1 aromatic carbocycles. The minimum Gasteiger partial charge on any atom is -0.294 e. The molecule has 0 unspecified atom stereocenters. The molecule has 0 bridgehead atoms. The summed E-state index contributed by atoms with van der Waals surface area (Å²) in [6.45, 7) is 1.94. The van der Waals surface area contributed by atoms with Gasteiger partial charge >= 0.3 is 5.69 Å². The predicted molar refractivity (Wildman–Crippen MR) is 75.0 cm³/mol. The maximum Gasteiger partial charge on any atom is 0.349 e. The molecule has 0 spiro atoms. The fraction of sp³-hybridized carbons (Fsp3) is 0.143. The molecule has 0 fully saturated rings. The lowest BCUT2D eigenvalue weighted by molar-refractivity contribution is 0.629. The lowest BCUT2D eigenvalue weighted by Gasteiger charge is -2.10. The summed E-state index contributed by atoms with van der Waals surface area (Å²) >= 11 is 1.40. The summed E-state index contributed by atoms with van der Waals surface area (Å²) in [6.07, 6.45) is 0. The topological polar surface area (TPSA) is 34.9 Å². The summed E-state index contributed by atoms with van der Waals surface area (Å²) in [7, 11) is 1.62. The molecule has 0 N–H and O–H groups in total. The lowest BCUT2D eigenvalue weighted by Crippen LogP contribution is -2.21. The first-order valence-electron chi connectivity index (χ1n) is 5.79. The van der Waals surface area contributed by atoms with E-state index in [0.717, 1.165) is 10.9 Å². The van der Waals surface area contributed by atoms with Gasteiger partial charge in [-0.1, -0.05) is 12.1 Å². The molecule has 5 heteroatoms. The predicted octanol–water partition coefficient (Wildman–Crippen LogP) is 3.11. The molecule has 2 aromatic heterocycles. The van der Waals surface area contributed by atoms with Crippen LogP contribution < -0.4 is 5.69 Å². The average Bonchev–Trinajstić information content (AvgIpc) is 2.74. The second kappa shape index (κ2) is 4.28. The monoisotopic (exact) mass is 274 g/mol. The molecule has 3 aromatic rings. The van der Waals surface area contributed by atoms with Gasteiger partial charge in [-0.05, 0) is 30.0 Å². The number of rotatable bonds is 1. The highest BCUT2D eigenvalue weighted by atomic mass is 32.1. The first kappa shape index (κ1) is 12.0. The molecule has 0 saturated heterocycles. The Morgan fingerprint density at radius 3 is 2.79 bits per heavy atom. The molecule has 2 heterocycles. The SMILES string of the molecule is Cc1csc2nc(=O)n(C)c(-c3ccccc3F)c12. The zero-order chi connectivity index (χ0) is 13.6. The summed E-state index contributed by atoms with van der Waals surface area (Å²) in [6, 6.07) is 6.47. The van der Waals surface area contributed by atoms with E-state index < -0.39 is 0 Å². The molecule has 3 nitrogen and oxygen atoms in total. The summed E-state index contributed by atoms with van der Waals surface area (Å²) in [5.74, 6) is -0.337. The van der Waals surface area contributed by atoms with Crippen molar-refractivity contribution in [3.63, 3.8) is 0 Å². The molecule has 0 aliphatic heterocycles. The summed E-state index contributed by atoms with van der Waals surface area (Å²) < 4.78 is 15.4. The number of hydrogen-bond donors (Lipinski definition) is 0. The van der Waals surface area contributed by atoms with E-state index in [2.05, 4.69) is 4.98 Å². The highest BCUT2D eigenvalue weighted by Crippen LogP contribution is 2.33. The van der Waals surface area contributed by atoms with E-state index in [1.54, 1.807) is 25.2 Å². The quantitative estimate of drug-likeness (QED) is 0.683. The van der Waals surface area contributed by atoms with Gasteiger partial charge in [0.15, 0.2) is 0 Å². The van der Waals surface area contributed by atoms with Crippen LogP contribution in [0.4, 0.5) is 4.39 Å². The second-order valence-electron chi connectivity index (χ2n) is 4.38. The Morgan fingerprint density at radius 2 is 2.05 bits per heavy atom. The number of aromatic nitrogens is 2. The molecule has 0 aliphatic carbocycles. The molecule has 0 amide bonds. The smallest absolute Gasteiger partial charge is 0.294 e. The van der Waals surface area contributed by atoms with E-state index in [1.165, 1.54) is 22.0 Å². The number of thiophene rings is 1. The number of fused-ring (bicyclic) bond motifs is 1. The number of aryl methyl sites for hydroxylation is 1. The molecule has 0 radical (unpaired) electrons. The molecular formula is C14H11FN2OS. The Labute approximate surface area is 113 Å². The van der Waals surface area contributed by atoms with Crippen molar-refractivity contribution >= 4 is 21.6 Å². The van der Waals surface area contributed by atoms with Crippen LogP contribution in [0, 0.1) is 12.7 Å². The first-order chi connectivity index (χ1) is 9.09. The van der Waals surface area contributed by atoms with Gasteiger partial charge in [0.25, 0.3) is 0 Å². The van der Waals surface area contributed by atoms with Crippen LogP contribution in [-0.4, -0.2) is 9.55 Å². The fourth-order valence-electron chi connectivity index (χ4n) is 2.19. The van der Waals surface area contributed by atoms with E-state index >= 15 is 0 Å². The molecule has 0 saturated carbocycles. The molecule has 0 atom stereocenters. The highest BCUT2D eigenvalue weighted by Gasteiger charge is 2.16. The highest BCUT2D eigenvalue weighted by molar-refractivity contribution is 7.17. The number of hydrogen-bond acceptors (Lipinski definition) is 3. The maximum absolute atomic E-state index is 14.0. The van der Waals surface area contributed by atoms with Crippen LogP contribution in [0.5, 0.6) is 0 Å². The van der Waals surface area contributed by atoms with Crippen molar-refractivity contribution in [2.45, 2.75) is 6.92 Å². The number of benzene rings is 1. The van der Waals surface area contributed by atoms with Gasteiger partial charge in [0.05, 0.1) is 5.69 Å². The van der Waals surface area contributed by atoms with Crippen LogP contribution in [0.1, 0.15) is 5.56 Å². The molecular weight excluding hydrogens is 263 g/mol. The van der Waals surface area contributed by atoms with Gasteiger partial charge in [0.2, 0.25) is 0 Å². The standard InChI is InChI=1S/C14H11FN2OS/c1-8-7-19-13-11(8)12(17(2)14(18)16-13)9-5-3-4-6-10(9)15/h3-7H,1-2H3. The number of nitrogens with zero attached hydrogens (tertiary/aromatic N) is 2. The van der Waals surface area contributed by atoms with E-state index in [1.807, 2.05) is 12.3 Å². The van der Waals surface area contributed by atoms with Gasteiger partial charge in [-0.3, -0.25) is 4.57 Å². The van der Waals surface area contributed by atoms with Gasteiger partial charge in [-0.2, -0.15) is 4.98 Å².